The number of benzene rings is 2. The lowest BCUT2D eigenvalue weighted by Gasteiger charge is -2.40. The van der Waals surface area contributed by atoms with Crippen molar-refractivity contribution < 1.29 is 13.5 Å². The first kappa shape index (κ1) is 19.9. The van der Waals surface area contributed by atoms with Crippen molar-refractivity contribution in [1.29, 1.82) is 0 Å². The lowest BCUT2D eigenvalue weighted by Crippen LogP contribution is -2.56. The summed E-state index contributed by atoms with van der Waals surface area (Å²) in [6, 6.07) is 17.8. The highest BCUT2D eigenvalue weighted by Gasteiger charge is 2.44. The summed E-state index contributed by atoms with van der Waals surface area (Å²) < 4.78 is 35.2. The number of halogens is 2. The quantitative estimate of drug-likeness (QED) is 0.480. The molecule has 4 aromatic rings. The van der Waals surface area contributed by atoms with Crippen LogP contribution in [0.15, 0.2) is 77.9 Å². The summed E-state index contributed by atoms with van der Waals surface area (Å²) in [5.41, 5.74) is 2.54. The van der Waals surface area contributed by atoms with Gasteiger partial charge < -0.3 is 9.64 Å². The molecule has 5 rings (SSSR count). The van der Waals surface area contributed by atoms with E-state index in [1.807, 2.05) is 30.3 Å². The molecule has 0 bridgehead atoms. The van der Waals surface area contributed by atoms with Crippen LogP contribution in [0.3, 0.4) is 0 Å². The van der Waals surface area contributed by atoms with Gasteiger partial charge in [-0.3, -0.25) is 4.79 Å². The molecule has 7 nitrogen and oxygen atoms in total. The normalized spacial score (nSPS) is 14.8. The second kappa shape index (κ2) is 7.60. The minimum Gasteiger partial charge on any atom is -0.494 e. The van der Waals surface area contributed by atoms with Gasteiger partial charge in [0.1, 0.15) is 11.4 Å². The van der Waals surface area contributed by atoms with Crippen molar-refractivity contribution in [2.24, 2.45) is 0 Å². The van der Waals surface area contributed by atoms with Gasteiger partial charge in [0.25, 0.3) is 5.92 Å². The molecular formula is C23H19F2N5O2. The van der Waals surface area contributed by atoms with Crippen LogP contribution in [0.2, 0.25) is 0 Å². The van der Waals surface area contributed by atoms with Gasteiger partial charge in [0.15, 0.2) is 5.69 Å². The summed E-state index contributed by atoms with van der Waals surface area (Å²) in [4.78, 5) is 14.2. The summed E-state index contributed by atoms with van der Waals surface area (Å²) in [6.07, 6.45) is 3.16. The maximum Gasteiger partial charge on any atom is 0.282 e. The fourth-order valence-corrected chi connectivity index (χ4v) is 3.72. The second-order valence-electron chi connectivity index (χ2n) is 7.51. The minimum atomic E-state index is -2.66. The number of aromatic nitrogens is 4. The third-order valence-electron chi connectivity index (χ3n) is 5.31. The smallest absolute Gasteiger partial charge is 0.282 e. The molecule has 1 aliphatic rings. The molecule has 0 atom stereocenters. The highest BCUT2D eigenvalue weighted by atomic mass is 19.3. The van der Waals surface area contributed by atoms with Gasteiger partial charge in [-0.15, -0.1) is 0 Å². The average molecular weight is 435 g/mol. The number of alkyl halides is 2. The third-order valence-corrected chi connectivity index (χ3v) is 5.31. The van der Waals surface area contributed by atoms with Crippen LogP contribution in [-0.4, -0.2) is 45.7 Å². The van der Waals surface area contributed by atoms with Crippen LogP contribution >= 0.6 is 0 Å². The van der Waals surface area contributed by atoms with Gasteiger partial charge in [0.05, 0.1) is 37.8 Å². The first-order valence-corrected chi connectivity index (χ1v) is 9.96. The third kappa shape index (κ3) is 3.51. The van der Waals surface area contributed by atoms with Crippen LogP contribution in [-0.2, 0) is 0 Å². The Labute approximate surface area is 182 Å². The molecule has 2 aromatic carbocycles. The van der Waals surface area contributed by atoms with E-state index in [1.54, 1.807) is 46.2 Å². The Balaban J connectivity index is 1.54. The molecule has 162 valence electrons. The molecule has 1 saturated heterocycles. The van der Waals surface area contributed by atoms with E-state index in [2.05, 4.69) is 10.2 Å². The monoisotopic (exact) mass is 435 g/mol. The number of hydrogen-bond acceptors (Lipinski definition) is 5. The van der Waals surface area contributed by atoms with Crippen LogP contribution in [0.25, 0.3) is 22.8 Å². The largest absolute Gasteiger partial charge is 0.494 e. The summed E-state index contributed by atoms with van der Waals surface area (Å²) in [7, 11) is 1.50. The molecule has 0 N–H and O–H groups in total. The number of hydrogen-bond donors (Lipinski definition) is 0. The van der Waals surface area contributed by atoms with Crippen LogP contribution in [0, 0.1) is 0 Å². The molecule has 0 unspecified atom stereocenters. The van der Waals surface area contributed by atoms with E-state index in [0.29, 0.717) is 22.8 Å². The summed E-state index contributed by atoms with van der Waals surface area (Å²) in [5, 5.41) is 8.88. The number of para-hydroxylation sites is 1. The van der Waals surface area contributed by atoms with Crippen molar-refractivity contribution in [3.63, 3.8) is 0 Å². The van der Waals surface area contributed by atoms with E-state index in [-0.39, 0.29) is 24.2 Å². The first-order valence-electron chi connectivity index (χ1n) is 9.96. The lowest BCUT2D eigenvalue weighted by molar-refractivity contribution is -0.0262. The zero-order chi connectivity index (χ0) is 22.3. The molecule has 1 aliphatic heterocycles. The molecule has 32 heavy (non-hydrogen) atoms. The molecule has 2 aromatic heterocycles. The average Bonchev–Trinajstić information content (AvgIpc) is 3.28. The summed E-state index contributed by atoms with van der Waals surface area (Å²) in [5.74, 6) is -2.21. The maximum absolute atomic E-state index is 13.2. The van der Waals surface area contributed by atoms with Gasteiger partial charge >= 0.3 is 0 Å². The minimum absolute atomic E-state index is 0.224. The van der Waals surface area contributed by atoms with Gasteiger partial charge in [0.2, 0.25) is 5.43 Å². The highest BCUT2D eigenvalue weighted by Crippen LogP contribution is 2.35. The Hall–Kier alpha value is -4.01. The molecule has 9 heteroatoms. The van der Waals surface area contributed by atoms with Crippen LogP contribution in [0.1, 0.15) is 0 Å². The van der Waals surface area contributed by atoms with Crippen molar-refractivity contribution in [3.05, 3.63) is 83.3 Å². The van der Waals surface area contributed by atoms with Gasteiger partial charge in [0, 0.05) is 24.0 Å². The van der Waals surface area contributed by atoms with E-state index in [0.717, 1.165) is 5.69 Å². The van der Waals surface area contributed by atoms with Crippen LogP contribution in [0.4, 0.5) is 14.5 Å². The standard InChI is InChI=1S/C23H19F2N5O2/c1-32-21-13-17(28-14-23(24,25)15-28)7-8-18(21)29-12-10-20(31)22(27-29)19-9-11-26-30(19)16-5-3-2-4-6-16/h2-13H,14-15H2,1H3. The van der Waals surface area contributed by atoms with Crippen molar-refractivity contribution >= 4 is 5.69 Å². The van der Waals surface area contributed by atoms with Gasteiger partial charge in [-0.25, -0.2) is 18.1 Å². The Bertz CT molecular complexity index is 1330. The lowest BCUT2D eigenvalue weighted by atomic mass is 10.1. The summed E-state index contributed by atoms with van der Waals surface area (Å²) in [6.45, 7) is -0.640. The number of rotatable bonds is 5. The van der Waals surface area contributed by atoms with Crippen molar-refractivity contribution in [1.82, 2.24) is 19.6 Å². The predicted octanol–water partition coefficient (Wildman–Crippen LogP) is 3.55. The topological polar surface area (TPSA) is 65.2 Å². The zero-order valence-electron chi connectivity index (χ0n) is 17.2. The van der Waals surface area contributed by atoms with Crippen LogP contribution in [0.5, 0.6) is 5.75 Å². The van der Waals surface area contributed by atoms with Crippen molar-refractivity contribution in [2.75, 3.05) is 25.1 Å². The SMILES string of the molecule is COc1cc(N2CC(F)(F)C2)ccc1-n1ccc(=O)c(-c2ccnn2-c2ccccc2)n1. The van der Waals surface area contributed by atoms with Gasteiger partial charge in [-0.05, 0) is 30.3 Å². The Morgan fingerprint density at radius 2 is 1.78 bits per heavy atom. The molecule has 1 fully saturated rings. The van der Waals surface area contributed by atoms with E-state index in [9.17, 15) is 13.6 Å². The van der Waals surface area contributed by atoms with Crippen LogP contribution < -0.4 is 15.1 Å². The number of anilines is 1. The second-order valence-corrected chi connectivity index (χ2v) is 7.51. The number of nitrogens with zero attached hydrogens (tertiary/aromatic N) is 5. The van der Waals surface area contributed by atoms with E-state index in [1.165, 1.54) is 17.9 Å². The van der Waals surface area contributed by atoms with E-state index in [4.69, 9.17) is 4.74 Å². The maximum atomic E-state index is 13.2. The van der Waals surface area contributed by atoms with Crippen molar-refractivity contribution in [3.8, 4) is 28.5 Å². The zero-order valence-corrected chi connectivity index (χ0v) is 17.2. The molecule has 0 aliphatic carbocycles. The summed E-state index contributed by atoms with van der Waals surface area (Å²) >= 11 is 0. The molecule has 0 spiro atoms. The fourth-order valence-electron chi connectivity index (χ4n) is 3.72. The Morgan fingerprint density at radius 1 is 1.00 bits per heavy atom. The Kier molecular flexibility index (Phi) is 4.73. The van der Waals surface area contributed by atoms with Gasteiger partial charge in [-0.1, -0.05) is 18.2 Å². The number of ether oxygens (including phenoxy) is 1. The first-order chi connectivity index (χ1) is 15.4. The molecule has 0 radical (unpaired) electrons. The highest BCUT2D eigenvalue weighted by molar-refractivity contribution is 5.62. The van der Waals surface area contributed by atoms with E-state index < -0.39 is 5.92 Å². The number of methoxy groups -OCH3 is 1. The van der Waals surface area contributed by atoms with E-state index >= 15 is 0 Å². The molecule has 0 amide bonds. The molecule has 3 heterocycles. The molecule has 0 saturated carbocycles. The predicted molar refractivity (Wildman–Crippen MR) is 116 cm³/mol. The molecular weight excluding hydrogens is 416 g/mol. The van der Waals surface area contributed by atoms with Gasteiger partial charge in [-0.2, -0.15) is 10.2 Å². The van der Waals surface area contributed by atoms with Crippen molar-refractivity contribution in [2.45, 2.75) is 5.92 Å². The Morgan fingerprint density at radius 3 is 2.50 bits per heavy atom. The fraction of sp³-hybridized carbons (Fsp3) is 0.174.